The number of halogens is 3. The zero-order valence-electron chi connectivity index (χ0n) is 15.3. The van der Waals surface area contributed by atoms with Crippen molar-refractivity contribution in [1.29, 1.82) is 0 Å². The fraction of sp³-hybridized carbons (Fsp3) is 0.400. The maximum atomic E-state index is 12.3. The van der Waals surface area contributed by atoms with Gasteiger partial charge < -0.3 is 14.8 Å². The molecule has 1 saturated carbocycles. The Hall–Kier alpha value is -2.77. The van der Waals surface area contributed by atoms with Gasteiger partial charge in [-0.1, -0.05) is 6.07 Å². The van der Waals surface area contributed by atoms with Crippen LogP contribution in [0.1, 0.15) is 41.6 Å². The van der Waals surface area contributed by atoms with Gasteiger partial charge in [0.05, 0.1) is 0 Å². The van der Waals surface area contributed by atoms with Crippen LogP contribution in [-0.4, -0.2) is 29.4 Å². The molecule has 1 aromatic carbocycles. The Balaban J connectivity index is 1.46. The molecule has 28 heavy (non-hydrogen) atoms. The first kappa shape index (κ1) is 20.0. The number of benzene rings is 1. The number of amides is 1. The summed E-state index contributed by atoms with van der Waals surface area (Å²) in [5.74, 6) is -0.0752. The van der Waals surface area contributed by atoms with Gasteiger partial charge in [-0.2, -0.15) is 0 Å². The van der Waals surface area contributed by atoms with Crippen molar-refractivity contribution < 1.29 is 27.4 Å². The first-order valence-corrected chi connectivity index (χ1v) is 9.04. The van der Waals surface area contributed by atoms with Crippen LogP contribution in [0.2, 0.25) is 0 Å². The second-order valence-corrected chi connectivity index (χ2v) is 6.81. The highest BCUT2D eigenvalue weighted by atomic mass is 19.4. The predicted molar refractivity (Wildman–Crippen MR) is 96.2 cm³/mol. The van der Waals surface area contributed by atoms with Crippen molar-refractivity contribution in [3.63, 3.8) is 0 Å². The molecule has 150 valence electrons. The maximum Gasteiger partial charge on any atom is 0.573 e. The minimum absolute atomic E-state index is 0.00410. The van der Waals surface area contributed by atoms with Crippen LogP contribution in [0.15, 0.2) is 42.6 Å². The molecule has 1 aliphatic rings. The van der Waals surface area contributed by atoms with E-state index in [1.54, 1.807) is 6.20 Å². The summed E-state index contributed by atoms with van der Waals surface area (Å²) >= 11 is 0. The number of aryl methyl sites for hydroxylation is 1. The third-order valence-corrected chi connectivity index (χ3v) is 4.53. The number of aromatic nitrogens is 1. The van der Waals surface area contributed by atoms with E-state index in [0.29, 0.717) is 5.88 Å². The standard InChI is InChI=1S/C20H21F3N2O3/c1-13-2-11-18(24-12-13)27-16-9-5-15(6-10-16)25-19(26)14-3-7-17(8-4-14)28-20(21,22)23/h2-4,7-8,11-12,15-16H,5-6,9-10H2,1H3,(H,25,26). The molecule has 1 amide bonds. The number of nitrogens with one attached hydrogen (secondary N) is 1. The highest BCUT2D eigenvalue weighted by molar-refractivity contribution is 5.94. The molecule has 5 nitrogen and oxygen atoms in total. The Morgan fingerprint density at radius 3 is 2.32 bits per heavy atom. The van der Waals surface area contributed by atoms with Crippen LogP contribution in [0.25, 0.3) is 0 Å². The van der Waals surface area contributed by atoms with Gasteiger partial charge >= 0.3 is 6.36 Å². The minimum atomic E-state index is -4.75. The van der Waals surface area contributed by atoms with E-state index < -0.39 is 6.36 Å². The van der Waals surface area contributed by atoms with Crippen molar-refractivity contribution in [3.05, 3.63) is 53.7 Å². The Kier molecular flexibility index (Phi) is 6.06. The lowest BCUT2D eigenvalue weighted by atomic mass is 9.92. The summed E-state index contributed by atoms with van der Waals surface area (Å²) in [6, 6.07) is 8.67. The van der Waals surface area contributed by atoms with Crippen molar-refractivity contribution in [2.24, 2.45) is 0 Å². The molecule has 1 N–H and O–H groups in total. The number of rotatable bonds is 5. The number of hydrogen-bond donors (Lipinski definition) is 1. The summed E-state index contributed by atoms with van der Waals surface area (Å²) in [5, 5.41) is 2.92. The molecule has 0 spiro atoms. The van der Waals surface area contributed by atoms with E-state index in [-0.39, 0.29) is 29.4 Å². The van der Waals surface area contributed by atoms with E-state index in [1.807, 2.05) is 19.1 Å². The Bertz CT molecular complexity index is 784. The van der Waals surface area contributed by atoms with Crippen molar-refractivity contribution >= 4 is 5.91 Å². The van der Waals surface area contributed by atoms with E-state index in [0.717, 1.165) is 43.4 Å². The molecule has 1 aromatic heterocycles. The second kappa shape index (κ2) is 8.50. The first-order chi connectivity index (χ1) is 13.3. The highest BCUT2D eigenvalue weighted by Gasteiger charge is 2.31. The lowest BCUT2D eigenvalue weighted by molar-refractivity contribution is -0.274. The SMILES string of the molecule is Cc1ccc(OC2CCC(NC(=O)c3ccc(OC(F)(F)F)cc3)CC2)nc1. The molecule has 0 unspecified atom stereocenters. The van der Waals surface area contributed by atoms with Gasteiger partial charge in [-0.3, -0.25) is 4.79 Å². The van der Waals surface area contributed by atoms with Crippen LogP contribution in [0.4, 0.5) is 13.2 Å². The summed E-state index contributed by atoms with van der Waals surface area (Å²) in [5.41, 5.74) is 1.36. The number of nitrogens with zero attached hydrogens (tertiary/aromatic N) is 1. The topological polar surface area (TPSA) is 60.5 Å². The average molecular weight is 394 g/mol. The summed E-state index contributed by atoms with van der Waals surface area (Å²) in [7, 11) is 0. The normalized spacial score (nSPS) is 19.7. The highest BCUT2D eigenvalue weighted by Crippen LogP contribution is 2.25. The van der Waals surface area contributed by atoms with Crippen LogP contribution >= 0.6 is 0 Å². The monoisotopic (exact) mass is 394 g/mol. The molecular weight excluding hydrogens is 373 g/mol. The molecule has 0 radical (unpaired) electrons. The van der Waals surface area contributed by atoms with Crippen molar-refractivity contribution in [2.45, 2.75) is 51.1 Å². The van der Waals surface area contributed by atoms with Crippen molar-refractivity contribution in [2.75, 3.05) is 0 Å². The number of alkyl halides is 3. The van der Waals surface area contributed by atoms with Crippen LogP contribution in [0, 0.1) is 6.92 Å². The van der Waals surface area contributed by atoms with Gasteiger partial charge in [0, 0.05) is 23.9 Å². The van der Waals surface area contributed by atoms with E-state index in [4.69, 9.17) is 4.74 Å². The Labute approximate surface area is 160 Å². The quantitative estimate of drug-likeness (QED) is 0.816. The Morgan fingerprint density at radius 2 is 1.75 bits per heavy atom. The number of carbonyl (C=O) groups is 1. The smallest absolute Gasteiger partial charge is 0.474 e. The molecule has 3 rings (SSSR count). The van der Waals surface area contributed by atoms with E-state index in [2.05, 4.69) is 15.0 Å². The second-order valence-electron chi connectivity index (χ2n) is 6.81. The van der Waals surface area contributed by atoms with Gasteiger partial charge in [0.1, 0.15) is 11.9 Å². The molecule has 0 saturated heterocycles. The molecule has 1 aliphatic carbocycles. The minimum Gasteiger partial charge on any atom is -0.474 e. The van der Waals surface area contributed by atoms with Crippen LogP contribution in [0.5, 0.6) is 11.6 Å². The number of ether oxygens (including phenoxy) is 2. The summed E-state index contributed by atoms with van der Waals surface area (Å²) in [4.78, 5) is 16.5. The van der Waals surface area contributed by atoms with Gasteiger partial charge in [-0.05, 0) is 62.4 Å². The third-order valence-electron chi connectivity index (χ3n) is 4.53. The predicted octanol–water partition coefficient (Wildman–Crippen LogP) is 4.41. The lowest BCUT2D eigenvalue weighted by Gasteiger charge is -2.29. The van der Waals surface area contributed by atoms with Crippen LogP contribution in [0.3, 0.4) is 0 Å². The first-order valence-electron chi connectivity index (χ1n) is 9.04. The zero-order valence-corrected chi connectivity index (χ0v) is 15.3. The van der Waals surface area contributed by atoms with Gasteiger partial charge in [0.2, 0.25) is 5.88 Å². The van der Waals surface area contributed by atoms with Crippen LogP contribution < -0.4 is 14.8 Å². The molecule has 0 aliphatic heterocycles. The van der Waals surface area contributed by atoms with Gasteiger partial charge in [-0.15, -0.1) is 13.2 Å². The van der Waals surface area contributed by atoms with Gasteiger partial charge in [0.25, 0.3) is 5.91 Å². The third kappa shape index (κ3) is 5.87. The van der Waals surface area contributed by atoms with Crippen molar-refractivity contribution in [1.82, 2.24) is 10.3 Å². The number of carbonyl (C=O) groups excluding carboxylic acids is 1. The van der Waals surface area contributed by atoms with Gasteiger partial charge in [-0.25, -0.2) is 4.98 Å². The zero-order chi connectivity index (χ0) is 20.1. The Morgan fingerprint density at radius 1 is 1.07 bits per heavy atom. The summed E-state index contributed by atoms with van der Waals surface area (Å²) < 4.78 is 46.2. The van der Waals surface area contributed by atoms with E-state index >= 15 is 0 Å². The summed E-state index contributed by atoms with van der Waals surface area (Å²) in [6.07, 6.45) is 0.166. The van der Waals surface area contributed by atoms with E-state index in [9.17, 15) is 18.0 Å². The molecule has 2 aromatic rings. The molecular formula is C20H21F3N2O3. The van der Waals surface area contributed by atoms with Crippen molar-refractivity contribution in [3.8, 4) is 11.6 Å². The number of hydrogen-bond acceptors (Lipinski definition) is 4. The molecule has 1 fully saturated rings. The molecule has 0 atom stereocenters. The molecule has 8 heteroatoms. The van der Waals surface area contributed by atoms with Gasteiger partial charge in [0.15, 0.2) is 0 Å². The fourth-order valence-corrected chi connectivity index (χ4v) is 3.10. The lowest BCUT2D eigenvalue weighted by Crippen LogP contribution is -2.39. The summed E-state index contributed by atoms with van der Waals surface area (Å²) in [6.45, 7) is 1.96. The molecule has 0 bridgehead atoms. The molecule has 1 heterocycles. The number of pyridine rings is 1. The van der Waals surface area contributed by atoms with E-state index in [1.165, 1.54) is 12.1 Å². The maximum absolute atomic E-state index is 12.3. The average Bonchev–Trinajstić information content (AvgIpc) is 2.64. The van der Waals surface area contributed by atoms with Crippen LogP contribution in [-0.2, 0) is 0 Å². The largest absolute Gasteiger partial charge is 0.573 e. The fourth-order valence-electron chi connectivity index (χ4n) is 3.10.